The predicted molar refractivity (Wildman–Crippen MR) is 70.8 cm³/mol. The lowest BCUT2D eigenvalue weighted by Gasteiger charge is -2.30. The Morgan fingerprint density at radius 1 is 1.50 bits per heavy atom. The second kappa shape index (κ2) is 5.40. The molecule has 1 amide bonds. The number of benzene rings is 1. The summed E-state index contributed by atoms with van der Waals surface area (Å²) in [6.07, 6.45) is 2.13. The molecule has 0 aromatic heterocycles. The lowest BCUT2D eigenvalue weighted by Crippen LogP contribution is -2.46. The van der Waals surface area contributed by atoms with Crippen molar-refractivity contribution in [1.29, 1.82) is 0 Å². The van der Waals surface area contributed by atoms with Gasteiger partial charge in [0.25, 0.3) is 5.91 Å². The van der Waals surface area contributed by atoms with Crippen LogP contribution in [0.4, 0.5) is 0 Å². The molecule has 4 heteroatoms. The van der Waals surface area contributed by atoms with Crippen LogP contribution in [0.1, 0.15) is 28.8 Å². The molecule has 0 bridgehead atoms. The van der Waals surface area contributed by atoms with Crippen LogP contribution in [0.2, 0.25) is 0 Å². The highest BCUT2D eigenvalue weighted by molar-refractivity contribution is 5.96. The number of phenolic OH excluding ortho intramolecular Hbond substituents is 1. The van der Waals surface area contributed by atoms with Crippen molar-refractivity contribution in [2.75, 3.05) is 20.1 Å². The van der Waals surface area contributed by atoms with E-state index in [2.05, 4.69) is 17.3 Å². The number of carbonyl (C=O) groups excluding carboxylic acids is 1. The molecule has 1 fully saturated rings. The van der Waals surface area contributed by atoms with Crippen LogP contribution in [-0.4, -0.2) is 42.1 Å². The topological polar surface area (TPSA) is 52.6 Å². The van der Waals surface area contributed by atoms with Gasteiger partial charge in [-0.15, -0.1) is 0 Å². The highest BCUT2D eigenvalue weighted by Crippen LogP contribution is 2.19. The first-order valence-electron chi connectivity index (χ1n) is 6.36. The summed E-state index contributed by atoms with van der Waals surface area (Å²) in [7, 11) is 2.07. The van der Waals surface area contributed by atoms with Crippen molar-refractivity contribution in [1.82, 2.24) is 10.2 Å². The van der Waals surface area contributed by atoms with Gasteiger partial charge in [0, 0.05) is 23.7 Å². The third-order valence-corrected chi connectivity index (χ3v) is 3.51. The Labute approximate surface area is 108 Å². The molecule has 1 aliphatic heterocycles. The summed E-state index contributed by atoms with van der Waals surface area (Å²) in [5, 5.41) is 12.7. The zero-order valence-electron chi connectivity index (χ0n) is 10.9. The number of phenols is 1. The smallest absolute Gasteiger partial charge is 0.251 e. The summed E-state index contributed by atoms with van der Waals surface area (Å²) in [4.78, 5) is 14.4. The van der Waals surface area contributed by atoms with E-state index in [-0.39, 0.29) is 17.7 Å². The quantitative estimate of drug-likeness (QED) is 0.834. The first kappa shape index (κ1) is 12.9. The number of hydrogen-bond acceptors (Lipinski definition) is 3. The largest absolute Gasteiger partial charge is 0.508 e. The van der Waals surface area contributed by atoms with Gasteiger partial charge in [0.2, 0.25) is 0 Å². The standard InChI is InChI=1S/C14H20N2O2/c1-10-12(6-3-7-13(10)17)14(18)15-11-5-4-8-16(2)9-11/h3,6-7,11,17H,4-5,8-9H2,1-2H3,(H,15,18). The second-order valence-corrected chi connectivity index (χ2v) is 5.02. The van der Waals surface area contributed by atoms with E-state index in [0.717, 1.165) is 25.9 Å². The van der Waals surface area contributed by atoms with E-state index in [4.69, 9.17) is 0 Å². The summed E-state index contributed by atoms with van der Waals surface area (Å²) in [6, 6.07) is 5.25. The molecular formula is C14H20N2O2. The Balaban J connectivity index is 2.05. The molecule has 0 spiro atoms. The first-order chi connectivity index (χ1) is 8.58. The van der Waals surface area contributed by atoms with Crippen LogP contribution < -0.4 is 5.32 Å². The molecule has 0 aliphatic carbocycles. The normalized spacial score (nSPS) is 20.7. The first-order valence-corrected chi connectivity index (χ1v) is 6.36. The van der Waals surface area contributed by atoms with E-state index in [9.17, 15) is 9.90 Å². The van der Waals surface area contributed by atoms with Gasteiger partial charge in [-0.2, -0.15) is 0 Å². The molecule has 1 aromatic carbocycles. The van der Waals surface area contributed by atoms with Crippen LogP contribution in [-0.2, 0) is 0 Å². The fraction of sp³-hybridized carbons (Fsp3) is 0.500. The van der Waals surface area contributed by atoms with Crippen molar-refractivity contribution in [3.8, 4) is 5.75 Å². The molecule has 1 atom stereocenters. The van der Waals surface area contributed by atoms with Crippen molar-refractivity contribution >= 4 is 5.91 Å². The highest BCUT2D eigenvalue weighted by atomic mass is 16.3. The SMILES string of the molecule is Cc1c(O)cccc1C(=O)NC1CCCN(C)C1. The van der Waals surface area contributed by atoms with Gasteiger partial charge in [-0.25, -0.2) is 0 Å². The maximum Gasteiger partial charge on any atom is 0.251 e. The number of piperidine rings is 1. The van der Waals surface area contributed by atoms with E-state index in [1.807, 2.05) is 0 Å². The lowest BCUT2D eigenvalue weighted by molar-refractivity contribution is 0.0911. The maximum atomic E-state index is 12.2. The van der Waals surface area contributed by atoms with Gasteiger partial charge in [-0.3, -0.25) is 4.79 Å². The van der Waals surface area contributed by atoms with Gasteiger partial charge in [0.05, 0.1) is 0 Å². The number of rotatable bonds is 2. The molecular weight excluding hydrogens is 228 g/mol. The van der Waals surface area contributed by atoms with E-state index in [0.29, 0.717) is 11.1 Å². The highest BCUT2D eigenvalue weighted by Gasteiger charge is 2.20. The summed E-state index contributed by atoms with van der Waals surface area (Å²) in [5.74, 6) is 0.0760. The molecule has 1 heterocycles. The minimum absolute atomic E-state index is 0.0938. The Morgan fingerprint density at radius 3 is 3.00 bits per heavy atom. The zero-order valence-corrected chi connectivity index (χ0v) is 10.9. The monoisotopic (exact) mass is 248 g/mol. The van der Waals surface area contributed by atoms with Crippen molar-refractivity contribution in [3.63, 3.8) is 0 Å². The van der Waals surface area contributed by atoms with E-state index in [1.54, 1.807) is 25.1 Å². The predicted octanol–water partition coefficient (Wildman–Crippen LogP) is 1.52. The van der Waals surface area contributed by atoms with Gasteiger partial charge in [0.1, 0.15) is 5.75 Å². The summed E-state index contributed by atoms with van der Waals surface area (Å²) < 4.78 is 0. The van der Waals surface area contributed by atoms with Crippen LogP contribution in [0, 0.1) is 6.92 Å². The Kier molecular flexibility index (Phi) is 3.87. The number of amides is 1. The minimum Gasteiger partial charge on any atom is -0.508 e. The Morgan fingerprint density at radius 2 is 2.28 bits per heavy atom. The molecule has 0 saturated carbocycles. The van der Waals surface area contributed by atoms with Crippen LogP contribution >= 0.6 is 0 Å². The van der Waals surface area contributed by atoms with Crippen molar-refractivity contribution in [2.24, 2.45) is 0 Å². The number of nitrogens with zero attached hydrogens (tertiary/aromatic N) is 1. The number of hydrogen-bond donors (Lipinski definition) is 2. The van der Waals surface area contributed by atoms with Crippen molar-refractivity contribution in [2.45, 2.75) is 25.8 Å². The maximum absolute atomic E-state index is 12.2. The fourth-order valence-electron chi connectivity index (χ4n) is 2.42. The Bertz CT molecular complexity index is 445. The summed E-state index contributed by atoms with van der Waals surface area (Å²) >= 11 is 0. The lowest BCUT2D eigenvalue weighted by atomic mass is 10.0. The third-order valence-electron chi connectivity index (χ3n) is 3.51. The molecule has 1 unspecified atom stereocenters. The average Bonchev–Trinajstić information content (AvgIpc) is 2.32. The Hall–Kier alpha value is -1.55. The van der Waals surface area contributed by atoms with E-state index < -0.39 is 0 Å². The molecule has 1 aromatic rings. The summed E-state index contributed by atoms with van der Waals surface area (Å²) in [5.41, 5.74) is 1.20. The minimum atomic E-state index is -0.0938. The molecule has 4 nitrogen and oxygen atoms in total. The van der Waals surface area contributed by atoms with Crippen LogP contribution in [0.15, 0.2) is 18.2 Å². The average molecular weight is 248 g/mol. The van der Waals surface area contributed by atoms with Gasteiger partial charge in [-0.1, -0.05) is 6.07 Å². The molecule has 98 valence electrons. The molecule has 0 radical (unpaired) electrons. The molecule has 18 heavy (non-hydrogen) atoms. The number of aromatic hydroxyl groups is 1. The van der Waals surface area contributed by atoms with Crippen LogP contribution in [0.3, 0.4) is 0 Å². The van der Waals surface area contributed by atoms with Gasteiger partial charge >= 0.3 is 0 Å². The van der Waals surface area contributed by atoms with Gasteiger partial charge in [0.15, 0.2) is 0 Å². The van der Waals surface area contributed by atoms with E-state index in [1.165, 1.54) is 0 Å². The molecule has 1 saturated heterocycles. The van der Waals surface area contributed by atoms with Crippen LogP contribution in [0.25, 0.3) is 0 Å². The molecule has 2 rings (SSSR count). The van der Waals surface area contributed by atoms with Crippen LogP contribution in [0.5, 0.6) is 5.75 Å². The molecule has 2 N–H and O–H groups in total. The van der Waals surface area contributed by atoms with E-state index >= 15 is 0 Å². The van der Waals surface area contributed by atoms with Gasteiger partial charge < -0.3 is 15.3 Å². The van der Waals surface area contributed by atoms with Gasteiger partial charge in [-0.05, 0) is 45.5 Å². The molecule has 1 aliphatic rings. The number of likely N-dealkylation sites (tertiary alicyclic amines) is 1. The number of carbonyl (C=O) groups is 1. The van der Waals surface area contributed by atoms with Crippen molar-refractivity contribution in [3.05, 3.63) is 29.3 Å². The fourth-order valence-corrected chi connectivity index (χ4v) is 2.42. The second-order valence-electron chi connectivity index (χ2n) is 5.02. The van der Waals surface area contributed by atoms with Crippen molar-refractivity contribution < 1.29 is 9.90 Å². The number of nitrogens with one attached hydrogen (secondary N) is 1. The summed E-state index contributed by atoms with van der Waals surface area (Å²) in [6.45, 7) is 3.75. The third kappa shape index (κ3) is 2.82. The number of likely N-dealkylation sites (N-methyl/N-ethyl adjacent to an activating group) is 1. The zero-order chi connectivity index (χ0) is 13.1.